The molecule has 2 atom stereocenters. The Bertz CT molecular complexity index is 1060. The minimum absolute atomic E-state index is 0.0467. The van der Waals surface area contributed by atoms with Gasteiger partial charge in [0.2, 0.25) is 5.91 Å². The van der Waals surface area contributed by atoms with Crippen LogP contribution in [0.1, 0.15) is 32.3 Å². The molecule has 0 bridgehead atoms. The quantitative estimate of drug-likeness (QED) is 0.495. The van der Waals surface area contributed by atoms with E-state index in [0.717, 1.165) is 26.1 Å². The molecule has 0 aromatic heterocycles. The molecule has 1 fully saturated rings. The van der Waals surface area contributed by atoms with Crippen LogP contribution < -0.4 is 15.0 Å². The molecule has 2 amide bonds. The third-order valence-corrected chi connectivity index (χ3v) is 6.20. The number of carbonyl (C=O) groups excluding carboxylic acids is 2. The van der Waals surface area contributed by atoms with Crippen molar-refractivity contribution in [2.75, 3.05) is 37.6 Å². The summed E-state index contributed by atoms with van der Waals surface area (Å²) in [6.07, 6.45) is 3.63. The molecule has 7 heteroatoms. The monoisotopic (exact) mass is 465 g/mol. The van der Waals surface area contributed by atoms with E-state index in [2.05, 4.69) is 24.1 Å². The Morgan fingerprint density at radius 1 is 1.15 bits per heavy atom. The van der Waals surface area contributed by atoms with E-state index in [9.17, 15) is 14.0 Å². The molecule has 2 aromatic rings. The molecule has 2 aromatic carbocycles. The van der Waals surface area contributed by atoms with E-state index in [1.165, 1.54) is 29.5 Å². The van der Waals surface area contributed by atoms with Crippen LogP contribution in [-0.2, 0) is 9.59 Å². The number of halogens is 1. The van der Waals surface area contributed by atoms with Crippen LogP contribution in [0, 0.1) is 17.7 Å². The van der Waals surface area contributed by atoms with E-state index in [1.807, 2.05) is 0 Å². The van der Waals surface area contributed by atoms with Gasteiger partial charge in [0.15, 0.2) is 11.5 Å². The zero-order valence-corrected chi connectivity index (χ0v) is 19.8. The van der Waals surface area contributed by atoms with Gasteiger partial charge in [-0.2, -0.15) is 0 Å². The maximum atomic E-state index is 13.6. The lowest BCUT2D eigenvalue weighted by molar-refractivity contribution is -0.123. The highest BCUT2D eigenvalue weighted by Crippen LogP contribution is 2.35. The summed E-state index contributed by atoms with van der Waals surface area (Å²) in [4.78, 5) is 29.7. The van der Waals surface area contributed by atoms with Crippen LogP contribution in [-0.4, -0.2) is 49.4 Å². The van der Waals surface area contributed by atoms with Gasteiger partial charge in [-0.1, -0.05) is 38.1 Å². The summed E-state index contributed by atoms with van der Waals surface area (Å²) >= 11 is 0. The van der Waals surface area contributed by atoms with Crippen molar-refractivity contribution in [3.05, 3.63) is 65.7 Å². The van der Waals surface area contributed by atoms with Gasteiger partial charge in [0.05, 0.1) is 5.69 Å². The lowest BCUT2D eigenvalue weighted by Gasteiger charge is -2.35. The summed E-state index contributed by atoms with van der Waals surface area (Å²) in [6, 6.07) is 13.0. The number of likely N-dealkylation sites (tertiary alicyclic amines) is 1. The fraction of sp³-hybridized carbons (Fsp3) is 0.407. The Hall–Kier alpha value is -3.19. The first-order valence-electron chi connectivity index (χ1n) is 11.9. The lowest BCUT2D eigenvalue weighted by Crippen LogP contribution is -2.45. The zero-order chi connectivity index (χ0) is 24.1. The SMILES string of the molecule is CC1CC(C)CN(CCCNC(=O)CN2C(=O)C(=Cc3cccc(F)c3)Oc3ccccc32)C1. The number of anilines is 1. The normalized spacial score (nSPS) is 21.8. The standard InChI is InChI=1S/C27H32FN3O3/c1-19-13-20(2)17-30(16-19)12-6-11-29-26(32)18-31-23-9-3-4-10-24(23)34-25(27(31)33)15-21-7-5-8-22(28)14-21/h3-5,7-10,14-15,19-20H,6,11-13,16-18H2,1-2H3,(H,29,32). The summed E-state index contributed by atoms with van der Waals surface area (Å²) in [6.45, 7) is 8.20. The van der Waals surface area contributed by atoms with E-state index < -0.39 is 11.7 Å². The smallest absolute Gasteiger partial charge is 0.294 e. The highest BCUT2D eigenvalue weighted by Gasteiger charge is 2.31. The number of rotatable bonds is 7. The van der Waals surface area contributed by atoms with Gasteiger partial charge >= 0.3 is 0 Å². The van der Waals surface area contributed by atoms with Crippen LogP contribution >= 0.6 is 0 Å². The number of fused-ring (bicyclic) bond motifs is 1. The summed E-state index contributed by atoms with van der Waals surface area (Å²) in [5.74, 6) is 0.879. The van der Waals surface area contributed by atoms with Crippen LogP contribution in [0.5, 0.6) is 5.75 Å². The molecule has 1 saturated heterocycles. The Labute approximate surface area is 200 Å². The fourth-order valence-corrected chi connectivity index (χ4v) is 4.87. The molecule has 0 saturated carbocycles. The van der Waals surface area contributed by atoms with E-state index in [1.54, 1.807) is 36.4 Å². The Balaban J connectivity index is 1.38. The van der Waals surface area contributed by atoms with Crippen molar-refractivity contribution >= 4 is 23.6 Å². The molecule has 180 valence electrons. The number of amides is 2. The van der Waals surface area contributed by atoms with Gasteiger partial charge in [-0.05, 0) is 67.1 Å². The van der Waals surface area contributed by atoms with Crippen LogP contribution in [0.15, 0.2) is 54.3 Å². The first kappa shape index (κ1) is 24.0. The zero-order valence-electron chi connectivity index (χ0n) is 19.8. The van der Waals surface area contributed by atoms with Gasteiger partial charge in [0.1, 0.15) is 12.4 Å². The van der Waals surface area contributed by atoms with Crippen molar-refractivity contribution in [3.8, 4) is 5.75 Å². The summed E-state index contributed by atoms with van der Waals surface area (Å²) in [7, 11) is 0. The molecule has 6 nitrogen and oxygen atoms in total. The number of ether oxygens (including phenoxy) is 1. The molecule has 34 heavy (non-hydrogen) atoms. The highest BCUT2D eigenvalue weighted by molar-refractivity contribution is 6.12. The molecule has 2 aliphatic rings. The van der Waals surface area contributed by atoms with Gasteiger partial charge < -0.3 is 15.0 Å². The maximum Gasteiger partial charge on any atom is 0.294 e. The maximum absolute atomic E-state index is 13.6. The highest BCUT2D eigenvalue weighted by atomic mass is 19.1. The third-order valence-electron chi connectivity index (χ3n) is 6.20. The van der Waals surface area contributed by atoms with Gasteiger partial charge in [-0.25, -0.2) is 4.39 Å². The number of para-hydroxylation sites is 2. The largest absolute Gasteiger partial charge is 0.449 e. The first-order valence-corrected chi connectivity index (χ1v) is 11.9. The average molecular weight is 466 g/mol. The number of benzene rings is 2. The second-order valence-corrected chi connectivity index (χ2v) is 9.43. The summed E-state index contributed by atoms with van der Waals surface area (Å²) in [5.41, 5.74) is 1.05. The van der Waals surface area contributed by atoms with E-state index in [-0.39, 0.29) is 18.2 Å². The molecule has 1 N–H and O–H groups in total. The molecule has 0 spiro atoms. The van der Waals surface area contributed by atoms with E-state index >= 15 is 0 Å². The minimum Gasteiger partial charge on any atom is -0.449 e. The van der Waals surface area contributed by atoms with E-state index in [4.69, 9.17) is 4.74 Å². The van der Waals surface area contributed by atoms with E-state index in [0.29, 0.717) is 35.4 Å². The van der Waals surface area contributed by atoms with Gasteiger partial charge in [0, 0.05) is 19.6 Å². The number of hydrogen-bond donors (Lipinski definition) is 1. The lowest BCUT2D eigenvalue weighted by atomic mass is 9.92. The van der Waals surface area contributed by atoms with Crippen molar-refractivity contribution in [1.82, 2.24) is 10.2 Å². The summed E-state index contributed by atoms with van der Waals surface area (Å²) < 4.78 is 19.4. The van der Waals surface area contributed by atoms with Gasteiger partial charge in [-0.3, -0.25) is 14.5 Å². The number of piperidine rings is 1. The topological polar surface area (TPSA) is 61.9 Å². The minimum atomic E-state index is -0.436. The van der Waals surface area contributed by atoms with Crippen LogP contribution in [0.4, 0.5) is 10.1 Å². The Kier molecular flexibility index (Phi) is 7.63. The predicted octanol–water partition coefficient (Wildman–Crippen LogP) is 4.08. The Morgan fingerprint density at radius 3 is 2.68 bits per heavy atom. The van der Waals surface area contributed by atoms with Crippen molar-refractivity contribution in [3.63, 3.8) is 0 Å². The van der Waals surface area contributed by atoms with Crippen molar-refractivity contribution in [2.45, 2.75) is 26.7 Å². The first-order chi connectivity index (χ1) is 16.4. The molecular weight excluding hydrogens is 433 g/mol. The van der Waals surface area contributed by atoms with Crippen molar-refractivity contribution < 1.29 is 18.7 Å². The van der Waals surface area contributed by atoms with Gasteiger partial charge in [-0.15, -0.1) is 0 Å². The molecule has 2 aliphatic heterocycles. The predicted molar refractivity (Wildman–Crippen MR) is 131 cm³/mol. The van der Waals surface area contributed by atoms with Gasteiger partial charge in [0.25, 0.3) is 5.91 Å². The average Bonchev–Trinajstić information content (AvgIpc) is 2.79. The molecule has 4 rings (SSSR count). The van der Waals surface area contributed by atoms with Crippen LogP contribution in [0.2, 0.25) is 0 Å². The van der Waals surface area contributed by atoms with Crippen LogP contribution in [0.25, 0.3) is 6.08 Å². The second-order valence-electron chi connectivity index (χ2n) is 9.43. The van der Waals surface area contributed by atoms with Crippen molar-refractivity contribution in [2.24, 2.45) is 11.8 Å². The number of carbonyl (C=O) groups is 2. The Morgan fingerprint density at radius 2 is 1.91 bits per heavy atom. The molecule has 2 heterocycles. The third kappa shape index (κ3) is 6.03. The van der Waals surface area contributed by atoms with Crippen molar-refractivity contribution in [1.29, 1.82) is 0 Å². The number of hydrogen-bond acceptors (Lipinski definition) is 4. The summed E-state index contributed by atoms with van der Waals surface area (Å²) in [5, 5.41) is 2.95. The molecule has 2 unspecified atom stereocenters. The second kappa shape index (κ2) is 10.8. The molecular formula is C27H32FN3O3. The number of nitrogens with zero attached hydrogens (tertiary/aromatic N) is 2. The fourth-order valence-electron chi connectivity index (χ4n) is 4.87. The van der Waals surface area contributed by atoms with Crippen LogP contribution in [0.3, 0.4) is 0 Å². The molecule has 0 radical (unpaired) electrons. The molecule has 0 aliphatic carbocycles. The number of nitrogens with one attached hydrogen (secondary N) is 1.